The molecule has 0 radical (unpaired) electrons. The number of aliphatic hydroxyl groups excluding tert-OH is 1. The molecule has 0 bridgehead atoms. The Morgan fingerprint density at radius 1 is 1.19 bits per heavy atom. The molecule has 0 fully saturated rings. The van der Waals surface area contributed by atoms with Gasteiger partial charge in [0.2, 0.25) is 0 Å². The molecule has 1 atom stereocenters. The number of phenols is 1. The molecule has 27 heavy (non-hydrogen) atoms. The number of nitrogens with one attached hydrogen (secondary N) is 2. The summed E-state index contributed by atoms with van der Waals surface area (Å²) in [5, 5.41) is 25.6. The van der Waals surface area contributed by atoms with Crippen molar-refractivity contribution in [2.24, 2.45) is 0 Å². The number of phenolic OH excluding ortho intramolecular Hbond substituents is 1. The predicted octanol–water partition coefficient (Wildman–Crippen LogP) is 3.74. The Labute approximate surface area is 165 Å². The fourth-order valence-electron chi connectivity index (χ4n) is 2.68. The van der Waals surface area contributed by atoms with Gasteiger partial charge in [0.15, 0.2) is 0 Å². The lowest BCUT2D eigenvalue weighted by atomic mass is 10.1. The van der Waals surface area contributed by atoms with Crippen LogP contribution >= 0.6 is 12.9 Å². The Balaban J connectivity index is 1.72. The Morgan fingerprint density at radius 3 is 2.63 bits per heavy atom. The van der Waals surface area contributed by atoms with Crippen molar-refractivity contribution in [3.05, 3.63) is 59.2 Å². The van der Waals surface area contributed by atoms with Crippen molar-refractivity contribution >= 4 is 24.7 Å². The van der Waals surface area contributed by atoms with E-state index in [1.54, 1.807) is 6.07 Å². The van der Waals surface area contributed by atoms with Crippen molar-refractivity contribution in [3.63, 3.8) is 0 Å². The molecule has 0 heterocycles. The minimum atomic E-state index is -0.813. The monoisotopic (exact) mass is 390 g/mol. The van der Waals surface area contributed by atoms with Crippen LogP contribution in [0.15, 0.2) is 42.5 Å². The number of hydrogen-bond donors (Lipinski definition) is 5. The van der Waals surface area contributed by atoms with Crippen LogP contribution in [0.1, 0.15) is 35.6 Å². The standard InChI is InChI=1S/C20H26N2O4S/c1-14-5-7-15(8-6-14)4-2-3-11-21-13-19(24)16-9-10-18(23)17(12-16)22-20(25)26-27/h5-10,12,19,21,23-24,27H,2-4,11,13H2,1H3,(H,22,25)/t19-/m0/s1. The van der Waals surface area contributed by atoms with E-state index < -0.39 is 12.2 Å². The average molecular weight is 391 g/mol. The van der Waals surface area contributed by atoms with E-state index in [1.165, 1.54) is 23.3 Å². The summed E-state index contributed by atoms with van der Waals surface area (Å²) in [5.41, 5.74) is 3.34. The van der Waals surface area contributed by atoms with Gasteiger partial charge in [-0.3, -0.25) is 5.32 Å². The van der Waals surface area contributed by atoms with Crippen molar-refractivity contribution in [1.29, 1.82) is 0 Å². The molecule has 0 aliphatic heterocycles. The lowest BCUT2D eigenvalue weighted by Gasteiger charge is -2.14. The Morgan fingerprint density at radius 2 is 1.93 bits per heavy atom. The second kappa shape index (κ2) is 10.8. The third-order valence-electron chi connectivity index (χ3n) is 4.25. The summed E-state index contributed by atoms with van der Waals surface area (Å²) in [5.74, 6) is -0.117. The van der Waals surface area contributed by atoms with Crippen LogP contribution < -0.4 is 10.6 Å². The minimum absolute atomic E-state index is 0.117. The van der Waals surface area contributed by atoms with Crippen molar-refractivity contribution in [3.8, 4) is 5.75 Å². The van der Waals surface area contributed by atoms with Crippen LogP contribution in [0.2, 0.25) is 0 Å². The van der Waals surface area contributed by atoms with Gasteiger partial charge in [-0.15, -0.1) is 0 Å². The van der Waals surface area contributed by atoms with E-state index in [4.69, 9.17) is 0 Å². The van der Waals surface area contributed by atoms with Crippen LogP contribution in [-0.4, -0.2) is 29.4 Å². The third-order valence-corrected chi connectivity index (χ3v) is 4.42. The number of aryl methyl sites for hydroxylation is 2. The summed E-state index contributed by atoms with van der Waals surface area (Å²) in [6.45, 7) is 3.27. The van der Waals surface area contributed by atoms with Crippen LogP contribution in [0.5, 0.6) is 5.75 Å². The van der Waals surface area contributed by atoms with E-state index in [9.17, 15) is 15.0 Å². The summed E-state index contributed by atoms with van der Waals surface area (Å²) >= 11 is 3.40. The van der Waals surface area contributed by atoms with Gasteiger partial charge >= 0.3 is 6.09 Å². The summed E-state index contributed by atoms with van der Waals surface area (Å²) in [7, 11) is 0. The zero-order valence-corrected chi connectivity index (χ0v) is 16.2. The Hall–Kier alpha value is -2.22. The molecule has 0 saturated carbocycles. The van der Waals surface area contributed by atoms with Crippen LogP contribution in [0, 0.1) is 6.92 Å². The van der Waals surface area contributed by atoms with Crippen LogP contribution in [0.4, 0.5) is 10.5 Å². The molecule has 7 heteroatoms. The Kier molecular flexibility index (Phi) is 8.44. The van der Waals surface area contributed by atoms with E-state index in [0.29, 0.717) is 12.1 Å². The molecule has 6 nitrogen and oxygen atoms in total. The van der Waals surface area contributed by atoms with Gasteiger partial charge in [0.1, 0.15) is 5.75 Å². The van der Waals surface area contributed by atoms with Crippen LogP contribution in [0.3, 0.4) is 0 Å². The normalized spacial score (nSPS) is 11.8. The van der Waals surface area contributed by atoms with Gasteiger partial charge < -0.3 is 19.7 Å². The van der Waals surface area contributed by atoms with Gasteiger partial charge in [-0.2, -0.15) is 0 Å². The molecular formula is C20H26N2O4S. The zero-order valence-electron chi connectivity index (χ0n) is 15.3. The second-order valence-electron chi connectivity index (χ2n) is 6.44. The number of thiol groups is 1. The first kappa shape index (κ1) is 21.1. The molecule has 1 amide bonds. The maximum Gasteiger partial charge on any atom is 0.423 e. The first-order valence-electron chi connectivity index (χ1n) is 8.89. The third kappa shape index (κ3) is 7.13. The molecule has 0 spiro atoms. The Bertz CT molecular complexity index is 737. The number of hydrogen-bond acceptors (Lipinski definition) is 6. The average Bonchev–Trinajstić information content (AvgIpc) is 2.67. The van der Waals surface area contributed by atoms with E-state index in [2.05, 4.69) is 58.9 Å². The maximum atomic E-state index is 11.2. The smallest absolute Gasteiger partial charge is 0.423 e. The van der Waals surface area contributed by atoms with Gasteiger partial charge in [0.05, 0.1) is 11.8 Å². The fraction of sp³-hybridized carbons (Fsp3) is 0.350. The number of benzene rings is 2. The number of carbonyl (C=O) groups is 1. The highest BCUT2D eigenvalue weighted by molar-refractivity contribution is 7.75. The van der Waals surface area contributed by atoms with Crippen LogP contribution in [-0.2, 0) is 10.6 Å². The van der Waals surface area contributed by atoms with E-state index in [-0.39, 0.29) is 11.4 Å². The molecular weight excluding hydrogens is 364 g/mol. The topological polar surface area (TPSA) is 90.8 Å². The molecule has 0 saturated heterocycles. The van der Waals surface area contributed by atoms with Crippen molar-refractivity contribution in [2.75, 3.05) is 18.4 Å². The SMILES string of the molecule is Cc1ccc(CCCCNC[C@H](O)c2ccc(O)c(NC(=O)OS)c2)cc1. The predicted molar refractivity (Wildman–Crippen MR) is 109 cm³/mol. The lowest BCUT2D eigenvalue weighted by Crippen LogP contribution is -2.22. The molecule has 0 aliphatic carbocycles. The van der Waals surface area contributed by atoms with Gasteiger partial charge in [0, 0.05) is 19.5 Å². The zero-order chi connectivity index (χ0) is 19.6. The van der Waals surface area contributed by atoms with Gasteiger partial charge in [-0.05, 0) is 56.0 Å². The maximum absolute atomic E-state index is 11.2. The number of aliphatic hydroxyl groups is 1. The van der Waals surface area contributed by atoms with E-state index in [0.717, 1.165) is 25.8 Å². The largest absolute Gasteiger partial charge is 0.506 e. The van der Waals surface area contributed by atoms with Crippen molar-refractivity contribution in [1.82, 2.24) is 5.32 Å². The molecule has 2 rings (SSSR count). The molecule has 2 aromatic rings. The number of amides is 1. The second-order valence-corrected chi connectivity index (χ2v) is 6.63. The lowest BCUT2D eigenvalue weighted by molar-refractivity contribution is 0.174. The van der Waals surface area contributed by atoms with E-state index in [1.807, 2.05) is 0 Å². The summed E-state index contributed by atoms with van der Waals surface area (Å²) in [6, 6.07) is 13.1. The quantitative estimate of drug-likeness (QED) is 0.195. The minimum Gasteiger partial charge on any atom is -0.506 e. The van der Waals surface area contributed by atoms with Gasteiger partial charge in [-0.1, -0.05) is 35.9 Å². The summed E-state index contributed by atoms with van der Waals surface area (Å²) in [4.78, 5) is 11.2. The van der Waals surface area contributed by atoms with Gasteiger partial charge in [0.25, 0.3) is 0 Å². The number of carbonyl (C=O) groups excluding carboxylic acids is 1. The van der Waals surface area contributed by atoms with Crippen molar-refractivity contribution < 1.29 is 19.2 Å². The summed E-state index contributed by atoms with van der Waals surface area (Å²) in [6.07, 6.45) is 1.56. The van der Waals surface area contributed by atoms with E-state index >= 15 is 0 Å². The molecule has 0 unspecified atom stereocenters. The number of aromatic hydroxyl groups is 1. The van der Waals surface area contributed by atoms with Crippen molar-refractivity contribution in [2.45, 2.75) is 32.3 Å². The highest BCUT2D eigenvalue weighted by atomic mass is 32.1. The fourth-order valence-corrected chi connectivity index (χ4v) is 2.73. The molecule has 0 aliphatic rings. The first-order valence-corrected chi connectivity index (χ1v) is 9.25. The number of unbranched alkanes of at least 4 members (excludes halogenated alkanes) is 1. The molecule has 4 N–H and O–H groups in total. The molecule has 0 aromatic heterocycles. The highest BCUT2D eigenvalue weighted by Gasteiger charge is 2.12. The summed E-state index contributed by atoms with van der Waals surface area (Å²) < 4.78 is 4.21. The molecule has 146 valence electrons. The first-order chi connectivity index (χ1) is 13.0. The van der Waals surface area contributed by atoms with Crippen LogP contribution in [0.25, 0.3) is 0 Å². The number of rotatable bonds is 9. The number of anilines is 1. The molecule has 2 aromatic carbocycles. The van der Waals surface area contributed by atoms with Gasteiger partial charge in [-0.25, -0.2) is 4.79 Å². The highest BCUT2D eigenvalue weighted by Crippen LogP contribution is 2.27.